The minimum Gasteiger partial charge on any atom is -0.489 e. The van der Waals surface area contributed by atoms with Gasteiger partial charge >= 0.3 is 6.18 Å². The summed E-state index contributed by atoms with van der Waals surface area (Å²) in [5.41, 5.74) is -3.07. The Bertz CT molecular complexity index is 1310. The molecule has 0 atom stereocenters. The minimum atomic E-state index is -4.85. The van der Waals surface area contributed by atoms with E-state index in [2.05, 4.69) is 9.88 Å². The molecule has 3 heterocycles. The minimum absolute atomic E-state index is 0.0715. The van der Waals surface area contributed by atoms with Crippen LogP contribution in [-0.2, 0) is 11.0 Å². The predicted molar refractivity (Wildman–Crippen MR) is 139 cm³/mol. The Morgan fingerprint density at radius 3 is 2.53 bits per heavy atom. The number of carbonyl (C=O) groups is 1. The quantitative estimate of drug-likeness (QED) is 0.372. The van der Waals surface area contributed by atoms with Crippen molar-refractivity contribution in [1.29, 1.82) is 5.26 Å². The molecule has 2 saturated heterocycles. The van der Waals surface area contributed by atoms with E-state index in [4.69, 9.17) is 22.2 Å². The highest BCUT2D eigenvalue weighted by atomic mass is 32.2. The first-order valence-electron chi connectivity index (χ1n) is 12.0. The molecule has 13 heteroatoms. The maximum atomic E-state index is 15.1. The van der Waals surface area contributed by atoms with Crippen LogP contribution in [0.4, 0.5) is 28.9 Å². The van der Waals surface area contributed by atoms with Crippen LogP contribution in [0.1, 0.15) is 30.5 Å². The number of carbonyl (C=O) groups excluding carboxylic acids is 1. The first-order valence-corrected chi connectivity index (χ1v) is 13.6. The largest absolute Gasteiger partial charge is 0.489 e. The van der Waals surface area contributed by atoms with Crippen molar-refractivity contribution in [2.75, 3.05) is 47.5 Å². The Labute approximate surface area is 226 Å². The summed E-state index contributed by atoms with van der Waals surface area (Å²) in [4.78, 5) is 21.9. The number of nitrogens with zero attached hydrogens (tertiary/aromatic N) is 5. The Morgan fingerprint density at radius 1 is 1.18 bits per heavy atom. The summed E-state index contributed by atoms with van der Waals surface area (Å²) in [6.45, 7) is 2.94. The van der Waals surface area contributed by atoms with Gasteiger partial charge in [0.15, 0.2) is 22.4 Å². The summed E-state index contributed by atoms with van der Waals surface area (Å²) >= 11 is 7.47. The fourth-order valence-electron chi connectivity index (χ4n) is 4.94. The Morgan fingerprint density at radius 2 is 1.92 bits per heavy atom. The molecule has 3 aliphatic rings. The summed E-state index contributed by atoms with van der Waals surface area (Å²) < 4.78 is 61.4. The standard InChI is InChI=1S/C25H23F4N5O2S2/c26-19-13-16(2-3-21(19)36-9-6-32-7-10-38-11-8-32)34-23(37)33(22(35)24(34)4-1-5-24)17-12-18(25(27,28)29)20(14-30)31-15-17/h2-3,12-13,15H,1,4-11H2. The number of ether oxygens (including phenoxy) is 1. The highest BCUT2D eigenvalue weighted by molar-refractivity contribution is 7.99. The number of hydrogen-bond acceptors (Lipinski definition) is 7. The molecule has 0 radical (unpaired) electrons. The zero-order chi connectivity index (χ0) is 27.1. The van der Waals surface area contributed by atoms with Crippen LogP contribution >= 0.6 is 24.0 Å². The number of alkyl halides is 3. The summed E-state index contributed by atoms with van der Waals surface area (Å²) in [7, 11) is 0. The molecule has 1 amide bonds. The number of anilines is 2. The lowest BCUT2D eigenvalue weighted by Gasteiger charge is -2.43. The van der Waals surface area contributed by atoms with Crippen LogP contribution in [0.25, 0.3) is 0 Å². The lowest BCUT2D eigenvalue weighted by atomic mass is 9.75. The molecule has 7 nitrogen and oxygen atoms in total. The smallest absolute Gasteiger partial charge is 0.419 e. The van der Waals surface area contributed by atoms with Crippen molar-refractivity contribution in [1.82, 2.24) is 9.88 Å². The third-order valence-electron chi connectivity index (χ3n) is 7.08. The molecular formula is C25H23F4N5O2S2. The second-order valence-corrected chi connectivity index (χ2v) is 10.9. The fourth-order valence-corrected chi connectivity index (χ4v) is 6.39. The van der Waals surface area contributed by atoms with Gasteiger partial charge in [0.1, 0.15) is 18.2 Å². The van der Waals surface area contributed by atoms with Crippen LogP contribution in [0, 0.1) is 17.1 Å². The Balaban J connectivity index is 1.40. The lowest BCUT2D eigenvalue weighted by Crippen LogP contribution is -2.55. The fraction of sp³-hybridized carbons (Fsp3) is 0.440. The number of pyridine rings is 1. The van der Waals surface area contributed by atoms with Crippen molar-refractivity contribution >= 4 is 46.4 Å². The number of hydrogen-bond donors (Lipinski definition) is 0. The molecule has 2 aliphatic heterocycles. The van der Waals surface area contributed by atoms with Crippen LogP contribution in [0.5, 0.6) is 5.75 Å². The molecule has 5 rings (SSSR count). The van der Waals surface area contributed by atoms with Crippen molar-refractivity contribution in [2.45, 2.75) is 31.0 Å². The van der Waals surface area contributed by atoms with Gasteiger partial charge in [0.2, 0.25) is 0 Å². The summed E-state index contributed by atoms with van der Waals surface area (Å²) in [5.74, 6) is 1.06. The third-order valence-corrected chi connectivity index (χ3v) is 8.39. The van der Waals surface area contributed by atoms with Crippen molar-refractivity contribution in [2.24, 2.45) is 0 Å². The number of nitriles is 1. The molecule has 1 aromatic carbocycles. The number of benzene rings is 1. The first-order chi connectivity index (χ1) is 18.2. The van der Waals surface area contributed by atoms with Gasteiger partial charge in [-0.1, -0.05) is 0 Å². The SMILES string of the molecule is N#Cc1ncc(N2C(=O)C3(CCC3)N(c3ccc(OCCN4CCSCC4)c(F)c3)C2=S)cc1C(F)(F)F. The molecule has 38 heavy (non-hydrogen) atoms. The van der Waals surface area contributed by atoms with Gasteiger partial charge < -0.3 is 9.64 Å². The van der Waals surface area contributed by atoms with Gasteiger partial charge in [-0.25, -0.2) is 9.37 Å². The normalized spacial score (nSPS) is 19.6. The predicted octanol–water partition coefficient (Wildman–Crippen LogP) is 4.60. The topological polar surface area (TPSA) is 72.7 Å². The molecule has 1 spiro atoms. The molecule has 0 unspecified atom stereocenters. The average molecular weight is 566 g/mol. The van der Waals surface area contributed by atoms with E-state index in [1.807, 2.05) is 11.8 Å². The van der Waals surface area contributed by atoms with Crippen molar-refractivity contribution in [3.63, 3.8) is 0 Å². The highest BCUT2D eigenvalue weighted by Gasteiger charge is 2.59. The number of amides is 1. The molecule has 3 fully saturated rings. The maximum Gasteiger partial charge on any atom is 0.419 e. The van der Waals surface area contributed by atoms with E-state index >= 15 is 4.39 Å². The van der Waals surface area contributed by atoms with Gasteiger partial charge in [-0.2, -0.15) is 30.2 Å². The van der Waals surface area contributed by atoms with Gasteiger partial charge in [0.25, 0.3) is 5.91 Å². The van der Waals surface area contributed by atoms with E-state index in [1.165, 1.54) is 23.1 Å². The molecule has 1 aromatic heterocycles. The van der Waals surface area contributed by atoms with E-state index in [1.54, 1.807) is 6.07 Å². The first kappa shape index (κ1) is 26.6. The average Bonchev–Trinajstić information content (AvgIpc) is 3.11. The van der Waals surface area contributed by atoms with Gasteiger partial charge in [-0.05, 0) is 49.7 Å². The van der Waals surface area contributed by atoms with Crippen LogP contribution in [0.15, 0.2) is 30.5 Å². The number of thiocarbonyl (C=S) groups is 1. The summed E-state index contributed by atoms with van der Waals surface area (Å²) in [5, 5.41) is 8.98. The molecule has 2 aromatic rings. The Kier molecular flexibility index (Phi) is 7.23. The van der Waals surface area contributed by atoms with Crippen molar-refractivity contribution in [3.05, 3.63) is 47.5 Å². The lowest BCUT2D eigenvalue weighted by molar-refractivity contribution is -0.138. The molecule has 1 aliphatic carbocycles. The Hall–Kier alpha value is -2.95. The zero-order valence-corrected chi connectivity index (χ0v) is 21.8. The number of thioether (sulfide) groups is 1. The van der Waals surface area contributed by atoms with Crippen LogP contribution in [0.2, 0.25) is 0 Å². The van der Waals surface area contributed by atoms with Crippen molar-refractivity contribution in [3.8, 4) is 11.8 Å². The van der Waals surface area contributed by atoms with Gasteiger partial charge in [-0.15, -0.1) is 0 Å². The molecule has 1 saturated carbocycles. The summed E-state index contributed by atoms with van der Waals surface area (Å²) in [6.07, 6.45) is -2.31. The second-order valence-electron chi connectivity index (χ2n) is 9.26. The van der Waals surface area contributed by atoms with E-state index in [9.17, 15) is 18.0 Å². The molecular weight excluding hydrogens is 542 g/mol. The number of aromatic nitrogens is 1. The van der Waals surface area contributed by atoms with Crippen LogP contribution < -0.4 is 14.5 Å². The number of halogens is 4. The van der Waals surface area contributed by atoms with Gasteiger partial charge in [0, 0.05) is 42.9 Å². The van der Waals surface area contributed by atoms with E-state index in [-0.39, 0.29) is 16.5 Å². The molecule has 0 bridgehead atoms. The van der Waals surface area contributed by atoms with E-state index in [0.29, 0.717) is 44.2 Å². The van der Waals surface area contributed by atoms with E-state index in [0.717, 1.165) is 35.7 Å². The zero-order valence-electron chi connectivity index (χ0n) is 20.1. The van der Waals surface area contributed by atoms with Crippen molar-refractivity contribution < 1.29 is 27.1 Å². The molecule has 0 N–H and O–H groups in total. The van der Waals surface area contributed by atoms with Gasteiger partial charge in [0.05, 0.1) is 17.4 Å². The van der Waals surface area contributed by atoms with E-state index < -0.39 is 34.7 Å². The van der Waals surface area contributed by atoms with Gasteiger partial charge in [-0.3, -0.25) is 14.6 Å². The highest BCUT2D eigenvalue weighted by Crippen LogP contribution is 2.48. The van der Waals surface area contributed by atoms with Crippen LogP contribution in [-0.4, -0.2) is 64.2 Å². The maximum absolute atomic E-state index is 15.1. The second kappa shape index (κ2) is 10.3. The number of rotatable bonds is 6. The summed E-state index contributed by atoms with van der Waals surface area (Å²) in [6, 6.07) is 6.42. The third kappa shape index (κ3) is 4.69. The monoisotopic (exact) mass is 565 g/mol. The molecule has 200 valence electrons. The van der Waals surface area contributed by atoms with Crippen LogP contribution in [0.3, 0.4) is 0 Å².